The molecule has 2 unspecified atom stereocenters. The van der Waals surface area contributed by atoms with Gasteiger partial charge in [0.1, 0.15) is 11.8 Å². The van der Waals surface area contributed by atoms with E-state index < -0.39 is 35.8 Å². The molecule has 7 N–H and O–H groups in total. The zero-order valence-corrected chi connectivity index (χ0v) is 18.8. The number of aromatic carboxylic acids is 1. The van der Waals surface area contributed by atoms with Crippen LogP contribution in [0.1, 0.15) is 10.4 Å². The number of benzene rings is 2. The Morgan fingerprint density at radius 3 is 2.62 bits per heavy atom. The summed E-state index contributed by atoms with van der Waals surface area (Å²) in [4.78, 5) is 29.3. The Bertz CT molecular complexity index is 1270. The van der Waals surface area contributed by atoms with Crippen molar-refractivity contribution in [2.75, 3.05) is 22.6 Å². The van der Waals surface area contributed by atoms with Crippen LogP contribution in [0.15, 0.2) is 36.4 Å². The second kappa shape index (κ2) is 8.70. The molecule has 0 saturated heterocycles. The van der Waals surface area contributed by atoms with Crippen LogP contribution >= 0.6 is 23.7 Å². The highest BCUT2D eigenvalue weighted by Gasteiger charge is 2.50. The van der Waals surface area contributed by atoms with Crippen LogP contribution in [-0.4, -0.2) is 47.2 Å². The summed E-state index contributed by atoms with van der Waals surface area (Å²) < 4.78 is 41.9. The second-order valence-electron chi connectivity index (χ2n) is 7.19. The molecule has 0 saturated carbocycles. The molecule has 2 heterocycles. The van der Waals surface area contributed by atoms with Gasteiger partial charge in [-0.2, -0.15) is 0 Å². The minimum atomic E-state index is -4.84. The minimum absolute atomic E-state index is 0. The van der Waals surface area contributed by atoms with Crippen molar-refractivity contribution in [3.63, 3.8) is 0 Å². The third-order valence-corrected chi connectivity index (χ3v) is 6.04. The zero-order valence-electron chi connectivity index (χ0n) is 17.2. The number of nitrogens with one attached hydrogen (secondary N) is 2. The van der Waals surface area contributed by atoms with Gasteiger partial charge in [-0.15, -0.1) is 25.6 Å². The van der Waals surface area contributed by atoms with Crippen LogP contribution in [0.5, 0.6) is 5.75 Å². The van der Waals surface area contributed by atoms with Crippen LogP contribution < -0.4 is 31.7 Å². The summed E-state index contributed by atoms with van der Waals surface area (Å²) in [5, 5.41) is 15.5. The van der Waals surface area contributed by atoms with Crippen LogP contribution in [0.25, 0.3) is 10.2 Å². The third-order valence-electron chi connectivity index (χ3n) is 5.11. The van der Waals surface area contributed by atoms with Crippen molar-refractivity contribution in [2.45, 2.75) is 18.2 Å². The van der Waals surface area contributed by atoms with E-state index in [2.05, 4.69) is 20.4 Å². The molecular formula is C19H18ClF3N6O4S. The number of carbonyl (C=O) groups is 2. The lowest BCUT2D eigenvalue weighted by molar-refractivity contribution is -0.274. The van der Waals surface area contributed by atoms with Crippen LogP contribution in [-0.2, 0) is 4.79 Å². The van der Waals surface area contributed by atoms with Crippen molar-refractivity contribution in [1.82, 2.24) is 4.98 Å². The van der Waals surface area contributed by atoms with E-state index in [4.69, 9.17) is 11.5 Å². The highest BCUT2D eigenvalue weighted by atomic mass is 35.5. The Morgan fingerprint density at radius 2 is 2.00 bits per heavy atom. The normalized spacial score (nSPS) is 18.0. The first-order valence-corrected chi connectivity index (χ1v) is 10.1. The van der Waals surface area contributed by atoms with E-state index in [1.165, 1.54) is 24.3 Å². The lowest BCUT2D eigenvalue weighted by Crippen LogP contribution is -2.70. The maximum atomic E-state index is 12.5. The molecule has 182 valence electrons. The molecule has 2 aromatic carbocycles. The van der Waals surface area contributed by atoms with Crippen molar-refractivity contribution in [3.8, 4) is 5.75 Å². The molecule has 1 aliphatic heterocycles. The van der Waals surface area contributed by atoms with E-state index in [0.717, 1.165) is 17.4 Å². The molecule has 0 aliphatic carbocycles. The number of carbonyl (C=O) groups excluding carboxylic acids is 1. The van der Waals surface area contributed by atoms with E-state index in [1.807, 2.05) is 0 Å². The number of fused-ring (bicyclic) bond motifs is 2. The number of hydrogen-bond acceptors (Lipinski definition) is 9. The van der Waals surface area contributed by atoms with Crippen LogP contribution in [0.2, 0.25) is 0 Å². The molecule has 1 amide bonds. The molecule has 1 aliphatic rings. The number of rotatable bonds is 6. The van der Waals surface area contributed by atoms with Crippen molar-refractivity contribution < 1.29 is 32.6 Å². The number of aromatic nitrogens is 1. The molecule has 0 bridgehead atoms. The molecule has 0 spiro atoms. The van der Waals surface area contributed by atoms with E-state index in [9.17, 15) is 27.9 Å². The molecule has 34 heavy (non-hydrogen) atoms. The average Bonchev–Trinajstić information content (AvgIpc) is 3.24. The largest absolute Gasteiger partial charge is 0.573 e. The first-order valence-electron chi connectivity index (χ1n) is 9.28. The smallest absolute Gasteiger partial charge is 0.478 e. The van der Waals surface area contributed by atoms with Crippen molar-refractivity contribution in [3.05, 3.63) is 42.0 Å². The summed E-state index contributed by atoms with van der Waals surface area (Å²) in [5.41, 5.74) is 12.9. The third kappa shape index (κ3) is 4.47. The number of hydrogen-bond donors (Lipinski definition) is 5. The molecule has 0 fully saturated rings. The summed E-state index contributed by atoms with van der Waals surface area (Å²) in [7, 11) is 1.61. The van der Waals surface area contributed by atoms with Gasteiger partial charge >= 0.3 is 12.3 Å². The Labute approximate surface area is 200 Å². The van der Waals surface area contributed by atoms with E-state index >= 15 is 0 Å². The Hall–Kier alpha value is -3.49. The lowest BCUT2D eigenvalue weighted by atomic mass is 10.1. The van der Waals surface area contributed by atoms with E-state index in [1.54, 1.807) is 18.0 Å². The number of nitrogens with zero attached hydrogens (tertiary/aromatic N) is 2. The SMILES string of the molecule is CN1c2ccc(C(=O)O)cc2NC1(Nc1nc2ccc(OC(F)(F)F)cc2s1)C(N)C(N)=O.Cl. The fourth-order valence-electron chi connectivity index (χ4n) is 3.54. The zero-order chi connectivity index (χ0) is 24.1. The maximum Gasteiger partial charge on any atom is 0.573 e. The number of ether oxygens (including phenoxy) is 1. The van der Waals surface area contributed by atoms with Crippen molar-refractivity contribution >= 4 is 62.3 Å². The molecule has 1 aromatic heterocycles. The highest BCUT2D eigenvalue weighted by molar-refractivity contribution is 7.22. The summed E-state index contributed by atoms with van der Waals surface area (Å²) >= 11 is 1.00. The number of nitrogens with two attached hydrogens (primary N) is 2. The fraction of sp³-hybridized carbons (Fsp3) is 0.211. The summed E-state index contributed by atoms with van der Waals surface area (Å²) in [6.07, 6.45) is -4.84. The predicted octanol–water partition coefficient (Wildman–Crippen LogP) is 2.76. The first kappa shape index (κ1) is 25.1. The summed E-state index contributed by atoms with van der Waals surface area (Å²) in [6, 6.07) is 6.65. The van der Waals surface area contributed by atoms with Crippen LogP contribution in [0, 0.1) is 0 Å². The molecule has 0 radical (unpaired) electrons. The van der Waals surface area contributed by atoms with Crippen LogP contribution in [0.3, 0.4) is 0 Å². The molecule has 10 nitrogen and oxygen atoms in total. The van der Waals surface area contributed by atoms with Gasteiger partial charge in [-0.05, 0) is 30.3 Å². The van der Waals surface area contributed by atoms with E-state index in [-0.39, 0.29) is 23.1 Å². The quantitative estimate of drug-likeness (QED) is 0.331. The minimum Gasteiger partial charge on any atom is -0.478 e. The fourth-order valence-corrected chi connectivity index (χ4v) is 4.50. The molecule has 3 aromatic rings. The number of primary amides is 1. The number of halogens is 4. The van der Waals surface area contributed by atoms with Crippen LogP contribution in [0.4, 0.5) is 29.7 Å². The summed E-state index contributed by atoms with van der Waals surface area (Å²) in [6.45, 7) is 0. The summed E-state index contributed by atoms with van der Waals surface area (Å²) in [5.74, 6) is -3.95. The standard InChI is InChI=1S/C19H17F3N6O4S.ClH/c1-28-12-5-2-8(16(30)31)6-11(12)26-18(28,14(23)15(24)29)27-17-25-10-4-3-9(7-13(10)33-17)32-19(20,21)22;/h2-7,14,26H,23H2,1H3,(H2,24,29)(H,25,27)(H,30,31);1H. The van der Waals surface area contributed by atoms with Gasteiger partial charge in [-0.3, -0.25) is 4.79 Å². The Balaban J connectivity index is 0.00000324. The Kier molecular flexibility index (Phi) is 6.43. The topological polar surface area (TPSA) is 156 Å². The van der Waals surface area contributed by atoms with Crippen molar-refractivity contribution in [2.24, 2.45) is 11.5 Å². The first-order chi connectivity index (χ1) is 15.4. The number of alkyl halides is 3. The molecule has 2 atom stereocenters. The molecule has 4 rings (SSSR count). The number of amides is 1. The van der Waals surface area contributed by atoms with Gasteiger partial charge in [-0.1, -0.05) is 11.3 Å². The van der Waals surface area contributed by atoms with Gasteiger partial charge in [0.05, 0.1) is 27.2 Å². The highest BCUT2D eigenvalue weighted by Crippen LogP contribution is 2.42. The van der Waals surface area contributed by atoms with Gasteiger partial charge in [-0.25, -0.2) is 9.78 Å². The Morgan fingerprint density at radius 1 is 1.29 bits per heavy atom. The number of thiazole rings is 1. The predicted molar refractivity (Wildman–Crippen MR) is 123 cm³/mol. The number of likely N-dealkylation sites (N-methyl/N-ethyl adjacent to an activating group) is 1. The maximum absolute atomic E-state index is 12.5. The monoisotopic (exact) mass is 518 g/mol. The number of anilines is 3. The average molecular weight is 519 g/mol. The number of carboxylic acid groups (broad SMARTS) is 1. The van der Waals surface area contributed by atoms with Gasteiger partial charge in [0.2, 0.25) is 11.7 Å². The van der Waals surface area contributed by atoms with Gasteiger partial charge in [0, 0.05) is 13.1 Å². The number of carboxylic acids is 1. The molecule has 15 heteroatoms. The van der Waals surface area contributed by atoms with Crippen molar-refractivity contribution in [1.29, 1.82) is 0 Å². The van der Waals surface area contributed by atoms with Gasteiger partial charge < -0.3 is 36.8 Å². The van der Waals surface area contributed by atoms with Gasteiger partial charge in [0.15, 0.2) is 5.13 Å². The molecular weight excluding hydrogens is 501 g/mol. The van der Waals surface area contributed by atoms with E-state index in [0.29, 0.717) is 21.6 Å². The lowest BCUT2D eigenvalue weighted by Gasteiger charge is -2.41. The second-order valence-corrected chi connectivity index (χ2v) is 8.22. The van der Waals surface area contributed by atoms with Gasteiger partial charge in [0.25, 0.3) is 0 Å².